The second-order valence-corrected chi connectivity index (χ2v) is 7.58. The highest BCUT2D eigenvalue weighted by Crippen LogP contribution is 2.20. The minimum atomic E-state index is -0.378. The van der Waals surface area contributed by atoms with Crippen molar-refractivity contribution in [2.24, 2.45) is 0 Å². The lowest BCUT2D eigenvalue weighted by atomic mass is 10.2. The molecule has 32 heavy (non-hydrogen) atoms. The summed E-state index contributed by atoms with van der Waals surface area (Å²) in [6, 6.07) is 19.9. The molecule has 0 aliphatic rings. The van der Waals surface area contributed by atoms with Gasteiger partial charge in [-0.2, -0.15) is 5.10 Å². The van der Waals surface area contributed by atoms with E-state index in [-0.39, 0.29) is 18.3 Å². The maximum Gasteiger partial charge on any atom is 0.292 e. The summed E-state index contributed by atoms with van der Waals surface area (Å²) < 4.78 is 18.2. The van der Waals surface area contributed by atoms with Crippen LogP contribution in [0.3, 0.4) is 0 Å². The van der Waals surface area contributed by atoms with Crippen molar-refractivity contribution < 1.29 is 18.7 Å². The van der Waals surface area contributed by atoms with Crippen LogP contribution < -0.4 is 14.8 Å². The number of anilines is 1. The molecule has 0 saturated carbocycles. The zero-order valence-electron chi connectivity index (χ0n) is 17.7. The number of aryl methyl sites for hydroxylation is 1. The molecule has 8 heteroatoms. The van der Waals surface area contributed by atoms with Gasteiger partial charge in [0.2, 0.25) is 0 Å². The fraction of sp³-hybridized carbons (Fsp3) is 0.167. The van der Waals surface area contributed by atoms with Crippen LogP contribution in [-0.4, -0.2) is 22.8 Å². The third-order valence-electron chi connectivity index (χ3n) is 4.79. The zero-order valence-corrected chi connectivity index (χ0v) is 18.4. The van der Waals surface area contributed by atoms with Gasteiger partial charge in [-0.05, 0) is 61.0 Å². The van der Waals surface area contributed by atoms with Crippen LogP contribution in [0.1, 0.15) is 27.6 Å². The van der Waals surface area contributed by atoms with E-state index in [1.165, 1.54) is 0 Å². The van der Waals surface area contributed by atoms with E-state index in [2.05, 4.69) is 10.4 Å². The average molecular weight is 452 g/mol. The number of benzene rings is 2. The van der Waals surface area contributed by atoms with E-state index in [4.69, 9.17) is 25.5 Å². The van der Waals surface area contributed by atoms with Gasteiger partial charge in [0.25, 0.3) is 5.91 Å². The quantitative estimate of drug-likeness (QED) is 0.392. The lowest BCUT2D eigenvalue weighted by molar-refractivity contribution is 0.0992. The molecule has 4 rings (SSSR count). The fourth-order valence-electron chi connectivity index (χ4n) is 3.08. The van der Waals surface area contributed by atoms with Crippen LogP contribution in [0.25, 0.3) is 0 Å². The first-order chi connectivity index (χ1) is 15.5. The number of nitrogens with one attached hydrogen (secondary N) is 1. The molecule has 7 nitrogen and oxygen atoms in total. The van der Waals surface area contributed by atoms with Gasteiger partial charge in [-0.3, -0.25) is 9.48 Å². The summed E-state index contributed by atoms with van der Waals surface area (Å²) in [5, 5.41) is 7.92. The lowest BCUT2D eigenvalue weighted by Gasteiger charge is -2.05. The van der Waals surface area contributed by atoms with E-state index in [1.54, 1.807) is 31.4 Å². The van der Waals surface area contributed by atoms with Crippen LogP contribution in [-0.2, 0) is 13.2 Å². The van der Waals surface area contributed by atoms with E-state index in [1.807, 2.05) is 54.1 Å². The number of hydrogen-bond acceptors (Lipinski definition) is 5. The average Bonchev–Trinajstić information content (AvgIpc) is 3.41. The third kappa shape index (κ3) is 5.31. The van der Waals surface area contributed by atoms with Crippen LogP contribution in [0.15, 0.2) is 71.1 Å². The predicted octanol–water partition coefficient (Wildman–Crippen LogP) is 5.33. The van der Waals surface area contributed by atoms with Gasteiger partial charge in [-0.1, -0.05) is 23.7 Å². The Balaban J connectivity index is 1.35. The molecule has 0 fully saturated rings. The van der Waals surface area contributed by atoms with Crippen LogP contribution in [0, 0.1) is 6.92 Å². The smallest absolute Gasteiger partial charge is 0.292 e. The molecular weight excluding hydrogens is 430 g/mol. The summed E-state index contributed by atoms with van der Waals surface area (Å²) >= 11 is 5.94. The molecular formula is C24H22ClN3O4. The van der Waals surface area contributed by atoms with Gasteiger partial charge in [-0.25, -0.2) is 0 Å². The Morgan fingerprint density at radius 2 is 1.78 bits per heavy atom. The summed E-state index contributed by atoms with van der Waals surface area (Å²) in [6.07, 6.45) is 0. The SMILES string of the molecule is COc1ccc(OCc2ccc(C(=O)Nc3cc(C)n(Cc4ccc(Cl)cc4)n3)o2)cc1. The highest BCUT2D eigenvalue weighted by Gasteiger charge is 2.14. The summed E-state index contributed by atoms with van der Waals surface area (Å²) in [6.45, 7) is 2.71. The number of amides is 1. The fourth-order valence-corrected chi connectivity index (χ4v) is 3.20. The summed E-state index contributed by atoms with van der Waals surface area (Å²) in [4.78, 5) is 12.6. The number of nitrogens with zero attached hydrogens (tertiary/aromatic N) is 2. The first-order valence-corrected chi connectivity index (χ1v) is 10.3. The zero-order chi connectivity index (χ0) is 22.5. The lowest BCUT2D eigenvalue weighted by Crippen LogP contribution is -2.12. The molecule has 0 unspecified atom stereocenters. The normalized spacial score (nSPS) is 10.7. The monoisotopic (exact) mass is 451 g/mol. The first kappa shape index (κ1) is 21.5. The Hall–Kier alpha value is -3.71. The number of methoxy groups -OCH3 is 1. The van der Waals surface area contributed by atoms with Crippen molar-refractivity contribution in [1.82, 2.24) is 9.78 Å². The van der Waals surface area contributed by atoms with E-state index < -0.39 is 0 Å². The molecule has 1 amide bonds. The van der Waals surface area contributed by atoms with E-state index in [0.717, 1.165) is 17.0 Å². The molecule has 2 heterocycles. The van der Waals surface area contributed by atoms with Gasteiger partial charge in [0.15, 0.2) is 11.6 Å². The number of carbonyl (C=O) groups is 1. The van der Waals surface area contributed by atoms with Crippen molar-refractivity contribution >= 4 is 23.3 Å². The summed E-state index contributed by atoms with van der Waals surface area (Å²) in [5.41, 5.74) is 1.98. The Kier molecular flexibility index (Phi) is 6.47. The van der Waals surface area contributed by atoms with Crippen LogP contribution in [0.5, 0.6) is 11.5 Å². The van der Waals surface area contributed by atoms with Gasteiger partial charge in [0.1, 0.15) is 23.9 Å². The predicted molar refractivity (Wildman–Crippen MR) is 122 cm³/mol. The van der Waals surface area contributed by atoms with Crippen LogP contribution in [0.2, 0.25) is 5.02 Å². The number of rotatable bonds is 8. The van der Waals surface area contributed by atoms with Crippen LogP contribution >= 0.6 is 11.6 Å². The van der Waals surface area contributed by atoms with E-state index >= 15 is 0 Å². The van der Waals surface area contributed by atoms with E-state index in [9.17, 15) is 4.79 Å². The van der Waals surface area contributed by atoms with Gasteiger partial charge in [-0.15, -0.1) is 0 Å². The highest BCUT2D eigenvalue weighted by molar-refractivity contribution is 6.30. The van der Waals surface area contributed by atoms with Gasteiger partial charge >= 0.3 is 0 Å². The largest absolute Gasteiger partial charge is 0.497 e. The number of carbonyl (C=O) groups excluding carboxylic acids is 1. The minimum Gasteiger partial charge on any atom is -0.497 e. The molecule has 164 valence electrons. The number of furan rings is 1. The standard InChI is InChI=1S/C24H22ClN3O4/c1-16-13-23(27-28(16)14-17-3-5-18(25)6-4-17)26-24(29)22-12-11-21(32-22)15-31-20-9-7-19(30-2)8-10-20/h3-13H,14-15H2,1-2H3,(H,26,27,29). The Morgan fingerprint density at radius 1 is 1.06 bits per heavy atom. The number of aromatic nitrogens is 2. The second kappa shape index (κ2) is 9.62. The Bertz CT molecular complexity index is 1200. The summed E-state index contributed by atoms with van der Waals surface area (Å²) in [7, 11) is 1.61. The Labute approximate surface area is 190 Å². The highest BCUT2D eigenvalue weighted by atomic mass is 35.5. The molecule has 4 aromatic rings. The molecule has 0 saturated heterocycles. The van der Waals surface area contributed by atoms with Gasteiger partial charge < -0.3 is 19.2 Å². The Morgan fingerprint density at radius 3 is 2.50 bits per heavy atom. The molecule has 0 bridgehead atoms. The maximum absolute atomic E-state index is 12.6. The molecule has 1 N–H and O–H groups in total. The van der Waals surface area contributed by atoms with Crippen molar-refractivity contribution in [1.29, 1.82) is 0 Å². The van der Waals surface area contributed by atoms with Gasteiger partial charge in [0, 0.05) is 16.8 Å². The summed E-state index contributed by atoms with van der Waals surface area (Å²) in [5.74, 6) is 2.22. The van der Waals surface area contributed by atoms with Crippen molar-refractivity contribution in [3.63, 3.8) is 0 Å². The number of hydrogen-bond donors (Lipinski definition) is 1. The maximum atomic E-state index is 12.6. The molecule has 2 aromatic heterocycles. The molecule has 0 radical (unpaired) electrons. The topological polar surface area (TPSA) is 78.5 Å². The molecule has 2 aromatic carbocycles. The van der Waals surface area contributed by atoms with Crippen molar-refractivity contribution in [3.8, 4) is 11.5 Å². The molecule has 0 spiro atoms. The van der Waals surface area contributed by atoms with Crippen LogP contribution in [0.4, 0.5) is 5.82 Å². The second-order valence-electron chi connectivity index (χ2n) is 7.14. The number of halogens is 1. The van der Waals surface area contributed by atoms with Crippen molar-refractivity contribution in [3.05, 3.63) is 94.5 Å². The minimum absolute atomic E-state index is 0.184. The molecule has 0 aliphatic carbocycles. The first-order valence-electron chi connectivity index (χ1n) is 9.96. The van der Waals surface area contributed by atoms with E-state index in [0.29, 0.717) is 28.9 Å². The van der Waals surface area contributed by atoms with Gasteiger partial charge in [0.05, 0.1) is 13.7 Å². The molecule has 0 aliphatic heterocycles. The number of ether oxygens (including phenoxy) is 2. The third-order valence-corrected chi connectivity index (χ3v) is 5.05. The molecule has 0 atom stereocenters. The van der Waals surface area contributed by atoms with Crippen molar-refractivity contribution in [2.45, 2.75) is 20.1 Å². The van der Waals surface area contributed by atoms with Crippen molar-refractivity contribution in [2.75, 3.05) is 12.4 Å².